The molecule has 9 heteroatoms. The zero-order valence-electron chi connectivity index (χ0n) is 21.4. The largest absolute Gasteiger partial charge is 0.388 e. The van der Waals surface area contributed by atoms with Crippen LogP contribution in [0.1, 0.15) is 104 Å². The van der Waals surface area contributed by atoms with Crippen LogP contribution in [-0.2, 0) is 24.1 Å². The van der Waals surface area contributed by atoms with Gasteiger partial charge in [0.25, 0.3) is 0 Å². The first-order chi connectivity index (χ1) is 16.5. The zero-order valence-corrected chi connectivity index (χ0v) is 21.4. The summed E-state index contributed by atoms with van der Waals surface area (Å²) in [5.41, 5.74) is 0. The summed E-state index contributed by atoms with van der Waals surface area (Å²) in [5.74, 6) is 5.14. The van der Waals surface area contributed by atoms with E-state index in [1.54, 1.807) is 6.92 Å². The van der Waals surface area contributed by atoms with Crippen molar-refractivity contribution in [2.75, 3.05) is 19.8 Å². The molecule has 1 aliphatic rings. The van der Waals surface area contributed by atoms with Gasteiger partial charge in [0.2, 0.25) is 0 Å². The molecule has 34 heavy (non-hydrogen) atoms. The second-order valence-electron chi connectivity index (χ2n) is 9.48. The molecule has 0 saturated carbocycles. The Balaban J connectivity index is 1.98. The quantitative estimate of drug-likeness (QED) is 0.102. The molecule has 1 saturated heterocycles. The van der Waals surface area contributed by atoms with Gasteiger partial charge in [0, 0.05) is 0 Å². The van der Waals surface area contributed by atoms with Crippen molar-refractivity contribution >= 4 is 0 Å². The maximum absolute atomic E-state index is 10.1. The summed E-state index contributed by atoms with van der Waals surface area (Å²) >= 11 is 0. The van der Waals surface area contributed by atoms with E-state index in [-0.39, 0.29) is 13.2 Å². The maximum Gasteiger partial charge on any atom is 0.187 e. The molecule has 0 unspecified atom stereocenters. The first-order valence-electron chi connectivity index (χ1n) is 13.4. The van der Waals surface area contributed by atoms with Crippen LogP contribution in [0, 0.1) is 0 Å². The van der Waals surface area contributed by atoms with E-state index in [0.717, 1.165) is 12.8 Å². The third-order valence-electron chi connectivity index (χ3n) is 6.34. The van der Waals surface area contributed by atoms with E-state index in [0.29, 0.717) is 6.61 Å². The van der Waals surface area contributed by atoms with Gasteiger partial charge in [0.05, 0.1) is 19.3 Å². The predicted molar refractivity (Wildman–Crippen MR) is 130 cm³/mol. The van der Waals surface area contributed by atoms with Gasteiger partial charge in [-0.15, -0.1) is 0 Å². The normalized spacial score (nSPS) is 26.1. The van der Waals surface area contributed by atoms with Gasteiger partial charge in [-0.3, -0.25) is 0 Å². The van der Waals surface area contributed by atoms with Gasteiger partial charge in [-0.2, -0.15) is 0 Å². The maximum atomic E-state index is 10.1. The average molecular weight is 494 g/mol. The van der Waals surface area contributed by atoms with Gasteiger partial charge < -0.3 is 29.6 Å². The van der Waals surface area contributed by atoms with E-state index in [4.69, 9.17) is 25.1 Å². The molecule has 0 aromatic rings. The molecule has 0 amide bonds. The van der Waals surface area contributed by atoms with Gasteiger partial charge in [0.15, 0.2) is 6.29 Å². The zero-order chi connectivity index (χ0) is 25.0. The summed E-state index contributed by atoms with van der Waals surface area (Å²) in [5, 5.41) is 29.7. The predicted octanol–water partition coefficient (Wildman–Crippen LogP) is 3.52. The van der Waals surface area contributed by atoms with Crippen LogP contribution in [0.3, 0.4) is 0 Å². The first kappa shape index (κ1) is 31.7. The van der Waals surface area contributed by atoms with Crippen molar-refractivity contribution in [3.05, 3.63) is 0 Å². The lowest BCUT2D eigenvalue weighted by Gasteiger charge is -2.40. The molecule has 1 aliphatic heterocycles. The van der Waals surface area contributed by atoms with Gasteiger partial charge in [-0.1, -0.05) is 90.4 Å². The van der Waals surface area contributed by atoms with Crippen molar-refractivity contribution < 1.29 is 39.4 Å². The lowest BCUT2D eigenvalue weighted by atomic mass is 10.00. The van der Waals surface area contributed by atoms with Crippen molar-refractivity contribution in [1.82, 2.24) is 0 Å². The molecule has 0 spiro atoms. The molecular weight excluding hydrogens is 442 g/mol. The average Bonchev–Trinajstić information content (AvgIpc) is 2.83. The third-order valence-corrected chi connectivity index (χ3v) is 6.34. The van der Waals surface area contributed by atoms with Crippen LogP contribution in [0.4, 0.5) is 0 Å². The highest BCUT2D eigenvalue weighted by molar-refractivity contribution is 4.87. The highest BCUT2D eigenvalue weighted by atomic mass is 17.2. The number of aliphatic hydroxyl groups excluding tert-OH is 3. The minimum absolute atomic E-state index is 0.0121. The molecule has 6 atom stereocenters. The molecule has 0 aliphatic carbocycles. The van der Waals surface area contributed by atoms with E-state index < -0.39 is 36.8 Å². The lowest BCUT2D eigenvalue weighted by molar-refractivity contribution is -0.340. The Bertz CT molecular complexity index is 459. The molecule has 5 N–H and O–H groups in total. The van der Waals surface area contributed by atoms with E-state index in [1.807, 2.05) is 0 Å². The Morgan fingerprint density at radius 1 is 0.706 bits per heavy atom. The Labute approximate surface area is 206 Å². The van der Waals surface area contributed by atoms with E-state index >= 15 is 0 Å². The van der Waals surface area contributed by atoms with Gasteiger partial charge in [0.1, 0.15) is 31.0 Å². The number of hydrogen-bond donors (Lipinski definition) is 4. The molecule has 1 rings (SSSR count). The van der Waals surface area contributed by atoms with Crippen LogP contribution in [0.15, 0.2) is 0 Å². The van der Waals surface area contributed by atoms with Crippen molar-refractivity contribution in [2.45, 2.75) is 141 Å². The van der Waals surface area contributed by atoms with Gasteiger partial charge in [-0.25, -0.2) is 15.7 Å². The monoisotopic (exact) mass is 493 g/mol. The topological polar surface area (TPSA) is 133 Å². The summed E-state index contributed by atoms with van der Waals surface area (Å²) in [6, 6.07) is 0. The third kappa shape index (κ3) is 14.3. The fourth-order valence-corrected chi connectivity index (χ4v) is 4.09. The Morgan fingerprint density at radius 2 is 1.24 bits per heavy atom. The molecular formula is C25H51NO8. The van der Waals surface area contributed by atoms with Gasteiger partial charge >= 0.3 is 0 Å². The molecule has 0 aromatic heterocycles. The lowest BCUT2D eigenvalue weighted by Crippen LogP contribution is -2.58. The Morgan fingerprint density at radius 3 is 1.76 bits per heavy atom. The molecule has 0 aromatic carbocycles. The van der Waals surface area contributed by atoms with Crippen molar-refractivity contribution in [1.29, 1.82) is 0 Å². The highest BCUT2D eigenvalue weighted by Crippen LogP contribution is 2.23. The number of hydrogen-bond acceptors (Lipinski definition) is 9. The molecule has 0 bridgehead atoms. The second kappa shape index (κ2) is 20.8. The summed E-state index contributed by atoms with van der Waals surface area (Å²) in [6.45, 7) is 4.34. The molecule has 9 nitrogen and oxygen atoms in total. The van der Waals surface area contributed by atoms with Crippen molar-refractivity contribution in [3.63, 3.8) is 0 Å². The number of unbranched alkanes of at least 4 members (excludes halogenated alkanes) is 13. The highest BCUT2D eigenvalue weighted by Gasteiger charge is 2.43. The number of nitrogens with two attached hydrogens (primary N) is 1. The fraction of sp³-hybridized carbons (Fsp3) is 1.00. The van der Waals surface area contributed by atoms with Crippen LogP contribution in [0.5, 0.6) is 0 Å². The summed E-state index contributed by atoms with van der Waals surface area (Å²) in [4.78, 5) is 15.1. The van der Waals surface area contributed by atoms with Crippen LogP contribution >= 0.6 is 0 Å². The Kier molecular flexibility index (Phi) is 19.4. The van der Waals surface area contributed by atoms with Crippen LogP contribution in [0.25, 0.3) is 0 Å². The number of ether oxygens (including phenoxy) is 2. The summed E-state index contributed by atoms with van der Waals surface area (Å²) < 4.78 is 11.0. The van der Waals surface area contributed by atoms with E-state index in [9.17, 15) is 15.3 Å². The first-order valence-corrected chi connectivity index (χ1v) is 13.4. The number of rotatable bonds is 22. The van der Waals surface area contributed by atoms with Crippen LogP contribution in [-0.4, -0.2) is 72.0 Å². The standard InChI is InChI=1S/C25H51NO8/c1-3-4-5-6-7-8-9-10-11-12-13-14-15-16-17-31-32-19-21(18-30-26)34-25-24(29)23(28)22(27)20(2)33-25/h20-25,27-29H,3-19,26H2,1-2H3/t20-,21+,22-,23+,24+,25-/m0/s1. The van der Waals surface area contributed by atoms with E-state index in [2.05, 4.69) is 11.8 Å². The van der Waals surface area contributed by atoms with Crippen LogP contribution in [0.2, 0.25) is 0 Å². The van der Waals surface area contributed by atoms with E-state index in [1.165, 1.54) is 77.0 Å². The minimum Gasteiger partial charge on any atom is -0.388 e. The molecule has 0 radical (unpaired) electrons. The van der Waals surface area contributed by atoms with Crippen molar-refractivity contribution in [2.24, 2.45) is 5.90 Å². The van der Waals surface area contributed by atoms with Crippen LogP contribution < -0.4 is 5.90 Å². The summed E-state index contributed by atoms with van der Waals surface area (Å²) in [6.07, 6.45) is 11.7. The smallest absolute Gasteiger partial charge is 0.187 e. The molecule has 204 valence electrons. The Hall–Kier alpha value is -0.360. The minimum atomic E-state index is -1.40. The second-order valence-corrected chi connectivity index (χ2v) is 9.48. The fourth-order valence-electron chi connectivity index (χ4n) is 4.09. The SMILES string of the molecule is CCCCCCCCCCCCCCCCOOC[C@@H](CON)O[C@@H]1O[C@@H](C)[C@H](O)[C@@H](O)[C@H]1O. The van der Waals surface area contributed by atoms with Crippen molar-refractivity contribution in [3.8, 4) is 0 Å². The van der Waals surface area contributed by atoms with Gasteiger partial charge in [-0.05, 0) is 13.3 Å². The summed E-state index contributed by atoms with van der Waals surface area (Å²) in [7, 11) is 0. The molecule has 1 fully saturated rings. The molecule has 1 heterocycles. The number of aliphatic hydroxyl groups is 3.